The molecule has 1 aliphatic carbocycles. The number of carbonyl (C=O) groups is 1. The third-order valence-electron chi connectivity index (χ3n) is 2.57. The molecule has 76 valence electrons. The number of nitrogens with one attached hydrogen (secondary N) is 1. The van der Waals surface area contributed by atoms with Crippen LogP contribution in [0.3, 0.4) is 0 Å². The Hall–Kier alpha value is -1.82. The minimum absolute atomic E-state index is 0.177. The van der Waals surface area contributed by atoms with Gasteiger partial charge in [0.05, 0.1) is 5.54 Å². The van der Waals surface area contributed by atoms with Crippen molar-refractivity contribution < 1.29 is 4.79 Å². The van der Waals surface area contributed by atoms with Crippen molar-refractivity contribution in [2.45, 2.75) is 25.3 Å². The summed E-state index contributed by atoms with van der Waals surface area (Å²) in [5.74, 6) is 4.89. The van der Waals surface area contributed by atoms with Gasteiger partial charge in [0.15, 0.2) is 0 Å². The molecule has 1 aromatic heterocycles. The van der Waals surface area contributed by atoms with Gasteiger partial charge in [-0.3, -0.25) is 9.78 Å². The van der Waals surface area contributed by atoms with Gasteiger partial charge in [0.1, 0.15) is 0 Å². The molecule has 15 heavy (non-hydrogen) atoms. The van der Waals surface area contributed by atoms with Crippen molar-refractivity contribution >= 4 is 5.91 Å². The van der Waals surface area contributed by atoms with Gasteiger partial charge >= 0.3 is 0 Å². The molecule has 2 rings (SSSR count). The van der Waals surface area contributed by atoms with E-state index in [2.05, 4.69) is 22.1 Å². The molecule has 0 saturated heterocycles. The molecule has 0 atom stereocenters. The maximum atomic E-state index is 11.4. The molecule has 3 heteroatoms. The molecule has 1 aromatic rings. The minimum atomic E-state index is -0.202. The number of amides is 1. The summed E-state index contributed by atoms with van der Waals surface area (Å²) >= 11 is 0. The van der Waals surface area contributed by atoms with Crippen LogP contribution in [0.2, 0.25) is 0 Å². The Balaban J connectivity index is 2.14. The fourth-order valence-corrected chi connectivity index (χ4v) is 1.64. The van der Waals surface area contributed by atoms with Gasteiger partial charge in [-0.2, -0.15) is 0 Å². The zero-order valence-corrected chi connectivity index (χ0v) is 8.58. The number of pyridine rings is 1. The van der Waals surface area contributed by atoms with Crippen LogP contribution >= 0.6 is 0 Å². The first-order valence-electron chi connectivity index (χ1n) is 4.92. The van der Waals surface area contributed by atoms with E-state index in [-0.39, 0.29) is 11.4 Å². The van der Waals surface area contributed by atoms with Crippen LogP contribution in [-0.4, -0.2) is 10.9 Å². The van der Waals surface area contributed by atoms with Gasteiger partial charge in [-0.05, 0) is 43.4 Å². The van der Waals surface area contributed by atoms with Gasteiger partial charge < -0.3 is 5.32 Å². The van der Waals surface area contributed by atoms with Crippen LogP contribution in [0.15, 0.2) is 24.5 Å². The molecule has 1 saturated carbocycles. The third-order valence-corrected chi connectivity index (χ3v) is 2.57. The van der Waals surface area contributed by atoms with E-state index in [0.717, 1.165) is 18.4 Å². The molecule has 0 radical (unpaired) electrons. The largest absolute Gasteiger partial charge is 0.336 e. The summed E-state index contributed by atoms with van der Waals surface area (Å²) in [6.45, 7) is 1.66. The van der Waals surface area contributed by atoms with E-state index in [4.69, 9.17) is 0 Å². The first-order chi connectivity index (χ1) is 7.27. The number of nitrogens with zero attached hydrogens (tertiary/aromatic N) is 1. The summed E-state index contributed by atoms with van der Waals surface area (Å²) < 4.78 is 0. The second-order valence-electron chi connectivity index (χ2n) is 3.65. The van der Waals surface area contributed by atoms with Crippen LogP contribution in [0.4, 0.5) is 0 Å². The Bertz CT molecular complexity index is 424. The molecule has 0 spiro atoms. The van der Waals surface area contributed by atoms with Gasteiger partial charge in [0, 0.05) is 12.4 Å². The van der Waals surface area contributed by atoms with Crippen molar-refractivity contribution in [1.29, 1.82) is 0 Å². The highest BCUT2D eigenvalue weighted by molar-refractivity contribution is 5.94. The van der Waals surface area contributed by atoms with E-state index < -0.39 is 0 Å². The number of carbonyl (C=O) groups excluding carboxylic acids is 1. The minimum Gasteiger partial charge on any atom is -0.336 e. The maximum absolute atomic E-state index is 11.4. The zero-order chi connectivity index (χ0) is 10.7. The van der Waals surface area contributed by atoms with Gasteiger partial charge in [-0.15, -0.1) is 0 Å². The summed E-state index contributed by atoms with van der Waals surface area (Å²) in [6, 6.07) is 3.87. The molecule has 0 bridgehead atoms. The second kappa shape index (κ2) is 3.74. The summed E-state index contributed by atoms with van der Waals surface area (Å²) in [6.07, 6.45) is 5.45. The molecule has 1 amide bonds. The van der Waals surface area contributed by atoms with Crippen molar-refractivity contribution in [3.05, 3.63) is 30.1 Å². The molecular formula is C12H12N2O. The predicted molar refractivity (Wildman–Crippen MR) is 56.7 cm³/mol. The average molecular weight is 200 g/mol. The van der Waals surface area contributed by atoms with Crippen LogP contribution in [0.5, 0.6) is 0 Å². The Morgan fingerprint density at radius 3 is 2.67 bits per heavy atom. The molecule has 1 heterocycles. The van der Waals surface area contributed by atoms with Crippen molar-refractivity contribution in [2.75, 3.05) is 0 Å². The number of aromatic nitrogens is 1. The fraction of sp³-hybridized carbons (Fsp3) is 0.333. The Morgan fingerprint density at radius 1 is 1.47 bits per heavy atom. The lowest BCUT2D eigenvalue weighted by Gasteiger charge is -2.15. The Kier molecular flexibility index (Phi) is 2.42. The van der Waals surface area contributed by atoms with Crippen molar-refractivity contribution in [2.24, 2.45) is 0 Å². The lowest BCUT2D eigenvalue weighted by molar-refractivity contribution is -0.116. The number of hydrogen-bond donors (Lipinski definition) is 1. The van der Waals surface area contributed by atoms with E-state index >= 15 is 0 Å². The lowest BCUT2D eigenvalue weighted by atomic mass is 10.1. The molecule has 0 unspecified atom stereocenters. The van der Waals surface area contributed by atoms with Crippen LogP contribution in [0.25, 0.3) is 0 Å². The van der Waals surface area contributed by atoms with E-state index in [0.29, 0.717) is 0 Å². The molecule has 1 N–H and O–H groups in total. The average Bonchev–Trinajstić information content (AvgIpc) is 3.01. The third kappa shape index (κ3) is 1.99. The van der Waals surface area contributed by atoms with Crippen molar-refractivity contribution in [3.63, 3.8) is 0 Å². The van der Waals surface area contributed by atoms with Crippen LogP contribution < -0.4 is 5.32 Å². The van der Waals surface area contributed by atoms with Gasteiger partial charge in [-0.1, -0.05) is 5.92 Å². The fourth-order valence-electron chi connectivity index (χ4n) is 1.64. The molecular weight excluding hydrogens is 188 g/mol. The summed E-state index contributed by atoms with van der Waals surface area (Å²) in [4.78, 5) is 15.3. The van der Waals surface area contributed by atoms with Gasteiger partial charge in [0.2, 0.25) is 0 Å². The zero-order valence-electron chi connectivity index (χ0n) is 8.58. The van der Waals surface area contributed by atoms with E-state index in [1.165, 1.54) is 0 Å². The lowest BCUT2D eigenvalue weighted by Crippen LogP contribution is -2.33. The Labute approximate surface area is 88.9 Å². The Morgan fingerprint density at radius 2 is 2.13 bits per heavy atom. The quantitative estimate of drug-likeness (QED) is 0.729. The van der Waals surface area contributed by atoms with Gasteiger partial charge in [-0.25, -0.2) is 0 Å². The molecule has 1 aliphatic rings. The molecule has 0 aliphatic heterocycles. The number of hydrogen-bond acceptors (Lipinski definition) is 2. The van der Waals surface area contributed by atoms with Crippen molar-refractivity contribution in [3.8, 4) is 11.8 Å². The van der Waals surface area contributed by atoms with Crippen LogP contribution in [-0.2, 0) is 10.3 Å². The summed E-state index contributed by atoms with van der Waals surface area (Å²) in [7, 11) is 0. The first kappa shape index (κ1) is 9.72. The predicted octanol–water partition coefficient (Wildman–Crippen LogP) is 1.21. The molecule has 1 fully saturated rings. The highest BCUT2D eigenvalue weighted by Gasteiger charge is 2.45. The summed E-state index contributed by atoms with van der Waals surface area (Å²) in [5.41, 5.74) is 0.938. The second-order valence-corrected chi connectivity index (χ2v) is 3.65. The highest BCUT2D eigenvalue weighted by Crippen LogP contribution is 2.45. The van der Waals surface area contributed by atoms with Gasteiger partial charge in [0.25, 0.3) is 5.91 Å². The molecule has 3 nitrogen and oxygen atoms in total. The summed E-state index contributed by atoms with van der Waals surface area (Å²) in [5, 5.41) is 2.94. The SMILES string of the molecule is CC#CC(=O)NC1(c2ccncc2)CC1. The monoisotopic (exact) mass is 200 g/mol. The van der Waals surface area contributed by atoms with Crippen molar-refractivity contribution in [1.82, 2.24) is 10.3 Å². The van der Waals surface area contributed by atoms with Crippen LogP contribution in [0.1, 0.15) is 25.3 Å². The topological polar surface area (TPSA) is 42.0 Å². The maximum Gasteiger partial charge on any atom is 0.296 e. The standard InChI is InChI=1S/C12H12N2O/c1-2-3-11(15)14-12(6-7-12)10-4-8-13-9-5-10/h4-5,8-9H,6-7H2,1H3,(H,14,15). The van der Waals surface area contributed by atoms with E-state index in [9.17, 15) is 4.79 Å². The smallest absolute Gasteiger partial charge is 0.296 e. The highest BCUT2D eigenvalue weighted by atomic mass is 16.1. The van der Waals surface area contributed by atoms with E-state index in [1.54, 1.807) is 19.3 Å². The first-order valence-corrected chi connectivity index (χ1v) is 4.92. The number of rotatable bonds is 2. The van der Waals surface area contributed by atoms with Crippen LogP contribution in [0, 0.1) is 11.8 Å². The normalized spacial score (nSPS) is 16.1. The molecule has 0 aromatic carbocycles. The van der Waals surface area contributed by atoms with E-state index in [1.807, 2.05) is 12.1 Å².